The van der Waals surface area contributed by atoms with Gasteiger partial charge in [-0.1, -0.05) is 25.1 Å². The van der Waals surface area contributed by atoms with Gasteiger partial charge in [-0.15, -0.1) is 0 Å². The molecule has 0 aliphatic heterocycles. The maximum absolute atomic E-state index is 11.8. The molecule has 2 rings (SSSR count). The van der Waals surface area contributed by atoms with Crippen LogP contribution in [0.25, 0.3) is 0 Å². The van der Waals surface area contributed by atoms with Crippen molar-refractivity contribution in [1.82, 2.24) is 5.43 Å². The van der Waals surface area contributed by atoms with Crippen molar-refractivity contribution < 1.29 is 14.5 Å². The first kappa shape index (κ1) is 18.9. The summed E-state index contributed by atoms with van der Waals surface area (Å²) in [7, 11) is 0. The minimum Gasteiger partial charge on any atom is -0.487 e. The molecule has 0 heterocycles. The summed E-state index contributed by atoms with van der Waals surface area (Å²) in [5, 5.41) is 17.6. The second-order valence-electron chi connectivity index (χ2n) is 5.47. The lowest BCUT2D eigenvalue weighted by atomic mass is 10.2. The fourth-order valence-electron chi connectivity index (χ4n) is 2.12. The molecule has 0 aliphatic carbocycles. The Bertz CT molecular complexity index is 821. The maximum atomic E-state index is 11.8. The zero-order valence-corrected chi connectivity index (χ0v) is 14.6. The van der Waals surface area contributed by atoms with E-state index in [0.29, 0.717) is 17.9 Å². The van der Waals surface area contributed by atoms with Crippen LogP contribution in [-0.4, -0.2) is 23.8 Å². The fraction of sp³-hybridized carbons (Fsp3) is 0.222. The molecule has 2 aromatic rings. The average Bonchev–Trinajstić information content (AvgIpc) is 2.62. The predicted molar refractivity (Wildman–Crippen MR) is 99.8 cm³/mol. The first-order valence-electron chi connectivity index (χ1n) is 8.08. The van der Waals surface area contributed by atoms with E-state index in [0.717, 1.165) is 12.0 Å². The number of hydrogen-bond acceptors (Lipinski definition) is 5. The smallest absolute Gasteiger partial charge is 0.339 e. The summed E-state index contributed by atoms with van der Waals surface area (Å²) in [5.74, 6) is 0.208. The van der Waals surface area contributed by atoms with Crippen molar-refractivity contribution >= 4 is 23.6 Å². The van der Waals surface area contributed by atoms with E-state index in [9.17, 15) is 14.9 Å². The van der Waals surface area contributed by atoms with Crippen molar-refractivity contribution in [3.63, 3.8) is 0 Å². The molecule has 0 aliphatic rings. The van der Waals surface area contributed by atoms with Crippen LogP contribution in [0, 0.1) is 17.0 Å². The molecule has 0 aromatic heterocycles. The molecule has 2 amide bonds. The molecule has 2 N–H and O–H groups in total. The van der Waals surface area contributed by atoms with Gasteiger partial charge in [0, 0.05) is 17.3 Å². The Hall–Kier alpha value is -3.42. The summed E-state index contributed by atoms with van der Waals surface area (Å²) < 4.78 is 5.36. The Balaban J connectivity index is 2.01. The van der Waals surface area contributed by atoms with Gasteiger partial charge >= 0.3 is 11.7 Å². The van der Waals surface area contributed by atoms with Gasteiger partial charge in [0.1, 0.15) is 0 Å². The average molecular weight is 356 g/mol. The number of rotatable bonds is 7. The number of para-hydroxylation sites is 1. The van der Waals surface area contributed by atoms with Gasteiger partial charge in [-0.2, -0.15) is 5.10 Å². The van der Waals surface area contributed by atoms with E-state index in [2.05, 4.69) is 15.8 Å². The summed E-state index contributed by atoms with van der Waals surface area (Å²) in [6.07, 6.45) is 2.08. The normalized spacial score (nSPS) is 10.5. The maximum Gasteiger partial charge on any atom is 0.339 e. The fourth-order valence-corrected chi connectivity index (χ4v) is 2.12. The van der Waals surface area contributed by atoms with Gasteiger partial charge in [0.25, 0.3) is 0 Å². The van der Waals surface area contributed by atoms with E-state index >= 15 is 0 Å². The van der Waals surface area contributed by atoms with Gasteiger partial charge in [0.05, 0.1) is 17.7 Å². The van der Waals surface area contributed by atoms with Crippen molar-refractivity contribution in [2.24, 2.45) is 5.10 Å². The van der Waals surface area contributed by atoms with E-state index in [4.69, 9.17) is 4.74 Å². The zero-order valence-electron chi connectivity index (χ0n) is 14.6. The monoisotopic (exact) mass is 356 g/mol. The van der Waals surface area contributed by atoms with Crippen LogP contribution in [-0.2, 0) is 0 Å². The zero-order chi connectivity index (χ0) is 18.9. The third kappa shape index (κ3) is 5.30. The number of amides is 2. The molecule has 0 fully saturated rings. The number of nitro benzene ring substituents is 1. The predicted octanol–water partition coefficient (Wildman–Crippen LogP) is 3.85. The molecule has 8 nitrogen and oxygen atoms in total. The largest absolute Gasteiger partial charge is 0.487 e. The number of nitro groups is 1. The van der Waals surface area contributed by atoms with Crippen molar-refractivity contribution in [3.05, 3.63) is 63.7 Å². The number of benzene rings is 2. The van der Waals surface area contributed by atoms with Crippen LogP contribution in [0.2, 0.25) is 0 Å². The number of aryl methyl sites for hydroxylation is 1. The number of nitrogens with zero attached hydrogens (tertiary/aromatic N) is 2. The minimum atomic E-state index is -0.513. The van der Waals surface area contributed by atoms with E-state index < -0.39 is 11.0 Å². The lowest BCUT2D eigenvalue weighted by Gasteiger charge is -2.07. The van der Waals surface area contributed by atoms with E-state index in [1.54, 1.807) is 12.1 Å². The first-order chi connectivity index (χ1) is 12.5. The number of ether oxygens (including phenoxy) is 1. The molecule has 0 bridgehead atoms. The van der Waals surface area contributed by atoms with Gasteiger partial charge in [-0.25, -0.2) is 10.2 Å². The van der Waals surface area contributed by atoms with E-state index in [1.165, 1.54) is 18.3 Å². The second kappa shape index (κ2) is 9.16. The van der Waals surface area contributed by atoms with Crippen LogP contribution < -0.4 is 15.5 Å². The molecule has 2 aromatic carbocycles. The highest BCUT2D eigenvalue weighted by molar-refractivity contribution is 5.91. The van der Waals surface area contributed by atoms with E-state index in [1.807, 2.05) is 32.0 Å². The highest BCUT2D eigenvalue weighted by Gasteiger charge is 2.15. The number of nitrogens with one attached hydrogen (secondary N) is 2. The Kier molecular flexibility index (Phi) is 6.67. The molecule has 0 spiro atoms. The van der Waals surface area contributed by atoms with Crippen LogP contribution in [0.3, 0.4) is 0 Å². The van der Waals surface area contributed by atoms with Crippen LogP contribution in [0.1, 0.15) is 24.5 Å². The third-order valence-corrected chi connectivity index (χ3v) is 3.41. The minimum absolute atomic E-state index is 0.147. The molecule has 136 valence electrons. The van der Waals surface area contributed by atoms with Gasteiger partial charge in [0.15, 0.2) is 5.75 Å². The lowest BCUT2D eigenvalue weighted by Crippen LogP contribution is -2.24. The number of hydrazone groups is 1. The number of urea groups is 1. The van der Waals surface area contributed by atoms with Crippen LogP contribution in [0.4, 0.5) is 16.2 Å². The number of carbonyl (C=O) groups is 1. The second-order valence-corrected chi connectivity index (χ2v) is 5.47. The Labute approximate surface area is 151 Å². The van der Waals surface area contributed by atoms with Crippen molar-refractivity contribution in [2.75, 3.05) is 11.9 Å². The van der Waals surface area contributed by atoms with Crippen molar-refractivity contribution in [3.8, 4) is 5.75 Å². The van der Waals surface area contributed by atoms with Crippen molar-refractivity contribution in [2.45, 2.75) is 20.3 Å². The quantitative estimate of drug-likeness (QED) is 0.446. The number of hydrogen-bond donors (Lipinski definition) is 2. The molecule has 26 heavy (non-hydrogen) atoms. The van der Waals surface area contributed by atoms with Crippen LogP contribution in [0.15, 0.2) is 47.6 Å². The van der Waals surface area contributed by atoms with Crippen molar-refractivity contribution in [1.29, 1.82) is 0 Å². The summed E-state index contributed by atoms with van der Waals surface area (Å²) in [4.78, 5) is 22.5. The first-order valence-corrected chi connectivity index (χ1v) is 8.08. The summed E-state index contributed by atoms with van der Waals surface area (Å²) in [6, 6.07) is 11.3. The Morgan fingerprint density at radius 2 is 2.08 bits per heavy atom. The van der Waals surface area contributed by atoms with Gasteiger partial charge in [0.2, 0.25) is 0 Å². The molecule has 0 atom stereocenters. The Morgan fingerprint density at radius 1 is 1.31 bits per heavy atom. The van der Waals surface area contributed by atoms with E-state index in [-0.39, 0.29) is 11.4 Å². The Morgan fingerprint density at radius 3 is 2.77 bits per heavy atom. The number of carbonyl (C=O) groups excluding carboxylic acids is 1. The molecular weight excluding hydrogens is 336 g/mol. The molecule has 0 unspecified atom stereocenters. The highest BCUT2D eigenvalue weighted by Crippen LogP contribution is 2.27. The lowest BCUT2D eigenvalue weighted by molar-refractivity contribution is -0.385. The third-order valence-electron chi connectivity index (χ3n) is 3.41. The number of anilines is 1. The van der Waals surface area contributed by atoms with Gasteiger partial charge in [-0.3, -0.25) is 10.1 Å². The molecule has 8 heteroatoms. The molecule has 0 saturated heterocycles. The highest BCUT2D eigenvalue weighted by atomic mass is 16.6. The van der Waals surface area contributed by atoms with Gasteiger partial charge < -0.3 is 10.1 Å². The molecule has 0 radical (unpaired) electrons. The molecular formula is C18H20N4O4. The molecule has 0 saturated carbocycles. The standard InChI is InChI=1S/C18H20N4O4/c1-3-10-26-17-9-8-14(11-16(17)22(24)25)12-19-21-18(23)20-15-7-5-4-6-13(15)2/h4-9,11-12H,3,10H2,1-2H3,(H2,20,21,23)/b19-12-. The topological polar surface area (TPSA) is 106 Å². The summed E-state index contributed by atoms with van der Waals surface area (Å²) in [5.41, 5.74) is 4.24. The summed E-state index contributed by atoms with van der Waals surface area (Å²) in [6.45, 7) is 4.19. The summed E-state index contributed by atoms with van der Waals surface area (Å²) >= 11 is 0. The van der Waals surface area contributed by atoms with Crippen LogP contribution >= 0.6 is 0 Å². The SMILES string of the molecule is CCCOc1ccc(/C=N\NC(=O)Nc2ccccc2C)cc1[N+](=O)[O-]. The van der Waals surface area contributed by atoms with Crippen LogP contribution in [0.5, 0.6) is 5.75 Å². The van der Waals surface area contributed by atoms with Gasteiger partial charge in [-0.05, 0) is 37.1 Å².